The highest BCUT2D eigenvalue weighted by atomic mass is 19.2. The van der Waals surface area contributed by atoms with Crippen LogP contribution in [0.3, 0.4) is 0 Å². The molecular weight excluding hydrogens is 485 g/mol. The Morgan fingerprint density at radius 3 is 1.81 bits per heavy atom. The number of benzene rings is 3. The van der Waals surface area contributed by atoms with Crippen molar-refractivity contribution in [2.24, 2.45) is 0 Å². The average molecular weight is 507 g/mol. The molecule has 1 heterocycles. The Bertz CT molecular complexity index is 1200. The van der Waals surface area contributed by atoms with Gasteiger partial charge in [0, 0.05) is 37.6 Å². The lowest BCUT2D eigenvalue weighted by atomic mass is 10.2. The monoisotopic (exact) mass is 507 g/mol. The number of ether oxygens (including phenoxy) is 2. The standard InChI is InChI=1S/C25H22F5N3O3/c1-35-17-6-8-18(9-7-17)36-14-19(34)31-15-2-4-16(5-3-15)32-10-12-33(13-11-32)25-23(29)21(27)20(26)22(28)24(25)30/h2-9H,10-14H2,1H3,(H,31,34). The zero-order valence-corrected chi connectivity index (χ0v) is 19.2. The van der Waals surface area contributed by atoms with Crippen molar-refractivity contribution in [3.05, 3.63) is 77.6 Å². The van der Waals surface area contributed by atoms with Crippen molar-refractivity contribution in [3.63, 3.8) is 0 Å². The SMILES string of the molecule is COc1ccc(OCC(=O)Nc2ccc(N3CCN(c4c(F)c(F)c(F)c(F)c4F)CC3)cc2)cc1. The van der Waals surface area contributed by atoms with Gasteiger partial charge < -0.3 is 24.6 Å². The fourth-order valence-electron chi connectivity index (χ4n) is 3.83. The summed E-state index contributed by atoms with van der Waals surface area (Å²) >= 11 is 0. The quantitative estimate of drug-likeness (QED) is 0.285. The molecule has 3 aromatic rings. The van der Waals surface area contributed by atoms with E-state index in [0.29, 0.717) is 30.3 Å². The molecular formula is C25H22F5N3O3. The maximum Gasteiger partial charge on any atom is 0.262 e. The lowest BCUT2D eigenvalue weighted by Crippen LogP contribution is -2.47. The Balaban J connectivity index is 1.31. The third-order valence-electron chi connectivity index (χ3n) is 5.73. The zero-order chi connectivity index (χ0) is 25.8. The number of anilines is 3. The highest BCUT2D eigenvalue weighted by molar-refractivity contribution is 5.92. The highest BCUT2D eigenvalue weighted by Crippen LogP contribution is 2.31. The molecule has 1 N–H and O–H groups in total. The topological polar surface area (TPSA) is 54.0 Å². The second kappa shape index (κ2) is 10.7. The maximum atomic E-state index is 14.1. The Labute approximate surface area is 203 Å². The molecule has 0 atom stereocenters. The van der Waals surface area contributed by atoms with Crippen LogP contribution in [0.25, 0.3) is 0 Å². The van der Waals surface area contributed by atoms with E-state index in [-0.39, 0.29) is 25.6 Å². The molecule has 6 nitrogen and oxygen atoms in total. The van der Waals surface area contributed by atoms with Crippen LogP contribution < -0.4 is 24.6 Å². The molecule has 0 spiro atoms. The first kappa shape index (κ1) is 25.1. The maximum absolute atomic E-state index is 14.1. The van der Waals surface area contributed by atoms with Crippen LogP contribution in [0.1, 0.15) is 0 Å². The number of carbonyl (C=O) groups excluding carboxylic acids is 1. The summed E-state index contributed by atoms with van der Waals surface area (Å²) in [5, 5.41) is 2.72. The summed E-state index contributed by atoms with van der Waals surface area (Å²) in [6.07, 6.45) is 0. The number of nitrogens with zero attached hydrogens (tertiary/aromatic N) is 2. The number of rotatable bonds is 7. The van der Waals surface area contributed by atoms with Gasteiger partial charge in [0.25, 0.3) is 5.91 Å². The van der Waals surface area contributed by atoms with Crippen molar-refractivity contribution < 1.29 is 36.2 Å². The second-order valence-electron chi connectivity index (χ2n) is 7.95. The van der Waals surface area contributed by atoms with E-state index < -0.39 is 34.8 Å². The summed E-state index contributed by atoms with van der Waals surface area (Å²) in [5.41, 5.74) is 0.405. The largest absolute Gasteiger partial charge is 0.497 e. The van der Waals surface area contributed by atoms with Crippen LogP contribution in [0, 0.1) is 29.1 Å². The summed E-state index contributed by atoms with van der Waals surface area (Å²) < 4.78 is 79.1. The third kappa shape index (κ3) is 5.29. The van der Waals surface area contributed by atoms with Crippen molar-refractivity contribution >= 4 is 23.0 Å². The molecule has 4 rings (SSSR count). The molecule has 1 aliphatic rings. The van der Waals surface area contributed by atoms with Crippen LogP contribution in [0.15, 0.2) is 48.5 Å². The summed E-state index contributed by atoms with van der Waals surface area (Å²) in [6.45, 7) is 0.509. The number of hydrogen-bond acceptors (Lipinski definition) is 5. The molecule has 1 fully saturated rings. The van der Waals surface area contributed by atoms with Gasteiger partial charge in [0.2, 0.25) is 5.82 Å². The minimum Gasteiger partial charge on any atom is -0.497 e. The van der Waals surface area contributed by atoms with Crippen LogP contribution >= 0.6 is 0 Å². The second-order valence-corrected chi connectivity index (χ2v) is 7.95. The molecule has 1 saturated heterocycles. The molecule has 190 valence electrons. The first-order valence-corrected chi connectivity index (χ1v) is 11.0. The third-order valence-corrected chi connectivity index (χ3v) is 5.73. The summed E-state index contributed by atoms with van der Waals surface area (Å²) in [7, 11) is 1.55. The van der Waals surface area contributed by atoms with Gasteiger partial charge in [-0.2, -0.15) is 0 Å². The first-order chi connectivity index (χ1) is 17.3. The van der Waals surface area contributed by atoms with Gasteiger partial charge >= 0.3 is 0 Å². The molecule has 11 heteroatoms. The summed E-state index contributed by atoms with van der Waals surface area (Å²) in [6, 6.07) is 13.7. The molecule has 1 aliphatic heterocycles. The van der Waals surface area contributed by atoms with E-state index in [0.717, 1.165) is 10.6 Å². The van der Waals surface area contributed by atoms with Gasteiger partial charge in [-0.25, -0.2) is 22.0 Å². The fraction of sp³-hybridized carbons (Fsp3) is 0.240. The first-order valence-electron chi connectivity index (χ1n) is 11.0. The van der Waals surface area contributed by atoms with Gasteiger partial charge in [0.15, 0.2) is 29.9 Å². The molecule has 3 aromatic carbocycles. The number of amides is 1. The number of halogens is 5. The van der Waals surface area contributed by atoms with E-state index in [2.05, 4.69) is 5.32 Å². The van der Waals surface area contributed by atoms with Crippen molar-refractivity contribution in [3.8, 4) is 11.5 Å². The Kier molecular flexibility index (Phi) is 7.47. The van der Waals surface area contributed by atoms with Gasteiger partial charge in [-0.15, -0.1) is 0 Å². The predicted molar refractivity (Wildman–Crippen MR) is 124 cm³/mol. The van der Waals surface area contributed by atoms with Gasteiger partial charge in [0.05, 0.1) is 7.11 Å². The van der Waals surface area contributed by atoms with E-state index in [1.165, 1.54) is 0 Å². The fourth-order valence-corrected chi connectivity index (χ4v) is 3.83. The molecule has 0 saturated carbocycles. The predicted octanol–water partition coefficient (Wildman–Crippen LogP) is 4.73. The van der Waals surface area contributed by atoms with E-state index in [4.69, 9.17) is 9.47 Å². The van der Waals surface area contributed by atoms with Crippen molar-refractivity contribution in [1.82, 2.24) is 0 Å². The number of hydrogen-bond donors (Lipinski definition) is 1. The van der Waals surface area contributed by atoms with Crippen LogP contribution in [-0.2, 0) is 4.79 Å². The lowest BCUT2D eigenvalue weighted by molar-refractivity contribution is -0.118. The van der Waals surface area contributed by atoms with Crippen LogP contribution in [0.4, 0.5) is 39.0 Å². The minimum atomic E-state index is -2.17. The number of piperazine rings is 1. The molecule has 0 aromatic heterocycles. The van der Waals surface area contributed by atoms with E-state index in [1.807, 2.05) is 4.90 Å². The highest BCUT2D eigenvalue weighted by Gasteiger charge is 2.30. The smallest absolute Gasteiger partial charge is 0.262 e. The zero-order valence-electron chi connectivity index (χ0n) is 19.2. The van der Waals surface area contributed by atoms with Crippen molar-refractivity contribution in [2.75, 3.05) is 55.0 Å². The van der Waals surface area contributed by atoms with Crippen LogP contribution in [-0.4, -0.2) is 45.8 Å². The molecule has 1 amide bonds. The molecule has 0 unspecified atom stereocenters. The Morgan fingerprint density at radius 2 is 1.25 bits per heavy atom. The average Bonchev–Trinajstić information content (AvgIpc) is 2.91. The Hall–Kier alpha value is -4.02. The van der Waals surface area contributed by atoms with E-state index >= 15 is 0 Å². The normalized spacial score (nSPS) is 13.5. The van der Waals surface area contributed by atoms with Gasteiger partial charge in [0.1, 0.15) is 17.2 Å². The lowest BCUT2D eigenvalue weighted by Gasteiger charge is -2.37. The van der Waals surface area contributed by atoms with Crippen LogP contribution in [0.2, 0.25) is 0 Å². The molecule has 36 heavy (non-hydrogen) atoms. The summed E-state index contributed by atoms with van der Waals surface area (Å²) in [4.78, 5) is 15.2. The molecule has 0 aliphatic carbocycles. The molecule has 0 radical (unpaired) electrons. The molecule has 0 bridgehead atoms. The number of carbonyl (C=O) groups is 1. The van der Waals surface area contributed by atoms with E-state index in [1.54, 1.807) is 55.6 Å². The number of nitrogens with one attached hydrogen (secondary N) is 1. The minimum absolute atomic E-state index is 0.0551. The van der Waals surface area contributed by atoms with E-state index in [9.17, 15) is 26.7 Å². The summed E-state index contributed by atoms with van der Waals surface area (Å²) in [5.74, 6) is -8.93. The Morgan fingerprint density at radius 1 is 0.750 bits per heavy atom. The van der Waals surface area contributed by atoms with Gasteiger partial charge in [-0.3, -0.25) is 4.79 Å². The van der Waals surface area contributed by atoms with Gasteiger partial charge in [-0.05, 0) is 48.5 Å². The van der Waals surface area contributed by atoms with Crippen molar-refractivity contribution in [2.45, 2.75) is 0 Å². The number of methoxy groups -OCH3 is 1. The van der Waals surface area contributed by atoms with Gasteiger partial charge in [-0.1, -0.05) is 0 Å². The van der Waals surface area contributed by atoms with Crippen LogP contribution in [0.5, 0.6) is 11.5 Å². The van der Waals surface area contributed by atoms with Crippen molar-refractivity contribution in [1.29, 1.82) is 0 Å².